The first-order valence-corrected chi connectivity index (χ1v) is 7.67. The minimum Gasteiger partial charge on any atom is -0.278 e. The van der Waals surface area contributed by atoms with Crippen LogP contribution in [-0.2, 0) is 29.6 Å². The summed E-state index contributed by atoms with van der Waals surface area (Å²) in [5, 5.41) is 1.60. The van der Waals surface area contributed by atoms with Gasteiger partial charge in [-0.05, 0) is 12.8 Å². The molecule has 8 nitrogen and oxygen atoms in total. The van der Waals surface area contributed by atoms with Gasteiger partial charge < -0.3 is 0 Å². The summed E-state index contributed by atoms with van der Waals surface area (Å²) in [5.41, 5.74) is 0. The zero-order valence-corrected chi connectivity index (χ0v) is 10.8. The molecule has 0 fully saturated rings. The highest BCUT2D eigenvalue weighted by molar-refractivity contribution is 7.93. The van der Waals surface area contributed by atoms with Crippen molar-refractivity contribution in [1.82, 2.24) is 9.44 Å². The number of carbonyl (C=O) groups excluding carboxylic acids is 2. The molecule has 0 bridgehead atoms. The molecule has 0 aromatic heterocycles. The predicted octanol–water partition coefficient (Wildman–Crippen LogP) is -1.05. The number of hydrogen-bond donors (Lipinski definition) is 2. The van der Waals surface area contributed by atoms with Crippen LogP contribution in [0.5, 0.6) is 0 Å². The molecule has 0 radical (unpaired) electrons. The van der Waals surface area contributed by atoms with Crippen molar-refractivity contribution in [2.75, 3.05) is 0 Å². The number of amides is 2. The summed E-state index contributed by atoms with van der Waals surface area (Å²) in [4.78, 5) is 19.8. The molecule has 0 aliphatic heterocycles. The second-order valence-electron chi connectivity index (χ2n) is 2.88. The summed E-state index contributed by atoms with van der Waals surface area (Å²) in [6.07, 6.45) is 3.11. The maximum Gasteiger partial charge on any atom is 0.256 e. The van der Waals surface area contributed by atoms with Crippen LogP contribution in [0.4, 0.5) is 0 Å². The number of nitrogens with one attached hydrogen (secondary N) is 2. The topological polar surface area (TPSA) is 126 Å². The molecule has 0 rings (SSSR count). The van der Waals surface area contributed by atoms with E-state index in [4.69, 9.17) is 0 Å². The lowest BCUT2D eigenvalue weighted by molar-refractivity contribution is -0.108. The van der Waals surface area contributed by atoms with Crippen molar-refractivity contribution in [2.24, 2.45) is 0 Å². The van der Waals surface area contributed by atoms with Crippen LogP contribution in [0, 0.1) is 0 Å². The van der Waals surface area contributed by atoms with Crippen molar-refractivity contribution in [3.8, 4) is 0 Å². The van der Waals surface area contributed by atoms with Crippen LogP contribution in [0.3, 0.4) is 0 Å². The molecule has 0 saturated carbocycles. The minimum atomic E-state index is -3.76. The first-order chi connectivity index (χ1) is 8.33. The van der Waals surface area contributed by atoms with Crippen molar-refractivity contribution < 1.29 is 26.4 Å². The molecule has 102 valence electrons. The Balaban J connectivity index is 4.16. The van der Waals surface area contributed by atoms with Gasteiger partial charge in [-0.15, -0.1) is 0 Å². The zero-order chi connectivity index (χ0) is 14.1. The Morgan fingerprint density at radius 1 is 0.722 bits per heavy atom. The molecule has 0 heterocycles. The Bertz CT molecular complexity index is 482. The lowest BCUT2D eigenvalue weighted by Crippen LogP contribution is -2.18. The molecule has 0 atom stereocenters. The van der Waals surface area contributed by atoms with Gasteiger partial charge in [0.25, 0.3) is 20.0 Å². The van der Waals surface area contributed by atoms with E-state index < -0.39 is 20.0 Å². The fourth-order valence-corrected chi connectivity index (χ4v) is 2.00. The van der Waals surface area contributed by atoms with Crippen LogP contribution in [0.1, 0.15) is 12.8 Å². The van der Waals surface area contributed by atoms with E-state index in [2.05, 4.69) is 0 Å². The van der Waals surface area contributed by atoms with Gasteiger partial charge >= 0.3 is 0 Å². The first-order valence-electron chi connectivity index (χ1n) is 4.58. The van der Waals surface area contributed by atoms with E-state index in [0.717, 1.165) is 10.8 Å². The number of rotatable bonds is 9. The van der Waals surface area contributed by atoms with E-state index in [1.807, 2.05) is 0 Å². The second kappa shape index (κ2) is 7.61. The lowest BCUT2D eigenvalue weighted by atomic mass is 10.3. The third kappa shape index (κ3) is 8.47. The van der Waals surface area contributed by atoms with Crippen LogP contribution < -0.4 is 9.44 Å². The van der Waals surface area contributed by atoms with Crippen molar-refractivity contribution in [3.63, 3.8) is 0 Å². The van der Waals surface area contributed by atoms with E-state index in [1.54, 1.807) is 9.44 Å². The van der Waals surface area contributed by atoms with Crippen molar-refractivity contribution in [3.05, 3.63) is 23.0 Å². The normalized spacial score (nSPS) is 12.7. The van der Waals surface area contributed by atoms with Crippen molar-refractivity contribution >= 4 is 32.9 Å². The van der Waals surface area contributed by atoms with Gasteiger partial charge in [0, 0.05) is 10.8 Å². The fraction of sp³-hybridized carbons (Fsp3) is 0.250. The Kier molecular flexibility index (Phi) is 6.90. The number of unbranched alkanes of at least 4 members (excludes halogenated alkanes) is 1. The smallest absolute Gasteiger partial charge is 0.256 e. The number of hydrogen-bond acceptors (Lipinski definition) is 6. The number of sulfonamides is 2. The summed E-state index contributed by atoms with van der Waals surface area (Å²) in [6.45, 7) is 0. The summed E-state index contributed by atoms with van der Waals surface area (Å²) in [5.74, 6) is 0. The van der Waals surface area contributed by atoms with Gasteiger partial charge in [0.2, 0.25) is 12.8 Å². The summed E-state index contributed by atoms with van der Waals surface area (Å²) in [6, 6.07) is 0. The molecule has 2 N–H and O–H groups in total. The molecular weight excluding hydrogens is 284 g/mol. The van der Waals surface area contributed by atoms with Crippen molar-refractivity contribution in [1.29, 1.82) is 0 Å². The van der Waals surface area contributed by atoms with Gasteiger partial charge in [-0.2, -0.15) is 0 Å². The Morgan fingerprint density at radius 3 is 1.33 bits per heavy atom. The maximum absolute atomic E-state index is 10.9. The Hall–Kier alpha value is -1.68. The lowest BCUT2D eigenvalue weighted by Gasteiger charge is -1.94. The second-order valence-corrected chi connectivity index (χ2v) is 6.08. The van der Waals surface area contributed by atoms with Gasteiger partial charge in [-0.3, -0.25) is 19.0 Å². The highest BCUT2D eigenvalue weighted by Gasteiger charge is 2.01. The summed E-state index contributed by atoms with van der Waals surface area (Å²) in [7, 11) is -7.51. The highest BCUT2D eigenvalue weighted by atomic mass is 32.2. The van der Waals surface area contributed by atoms with E-state index in [-0.39, 0.29) is 25.7 Å². The molecule has 0 saturated heterocycles. The molecular formula is C8H12N2O6S2. The minimum absolute atomic E-state index is 0.0389. The van der Waals surface area contributed by atoms with Crippen LogP contribution >= 0.6 is 0 Å². The first kappa shape index (κ1) is 16.3. The Labute approximate surface area is 105 Å². The predicted molar refractivity (Wildman–Crippen MR) is 63.8 cm³/mol. The maximum atomic E-state index is 10.9. The standard InChI is InChI=1S/C8H12N2O6S2/c11-7-9-17(13,14)5-3-1-2-4-6-18(15,16)10-8-12/h3-8H,1-2H2,(H,9,11)(H,10,12). The SMILES string of the molecule is O=CNS(=O)(=O)C=CCCC=CS(=O)(=O)NC=O. The Morgan fingerprint density at radius 2 is 1.06 bits per heavy atom. The molecule has 0 aromatic rings. The molecule has 0 aromatic carbocycles. The molecule has 18 heavy (non-hydrogen) atoms. The van der Waals surface area contributed by atoms with E-state index in [9.17, 15) is 26.4 Å². The molecule has 0 spiro atoms. The molecule has 2 amide bonds. The van der Waals surface area contributed by atoms with Crippen LogP contribution in [0.2, 0.25) is 0 Å². The van der Waals surface area contributed by atoms with Gasteiger partial charge in [-0.1, -0.05) is 12.2 Å². The summed E-state index contributed by atoms with van der Waals surface area (Å²) >= 11 is 0. The number of allylic oxidation sites excluding steroid dienone is 2. The van der Waals surface area contributed by atoms with Crippen LogP contribution in [0.15, 0.2) is 23.0 Å². The monoisotopic (exact) mass is 296 g/mol. The van der Waals surface area contributed by atoms with E-state index >= 15 is 0 Å². The van der Waals surface area contributed by atoms with E-state index in [1.165, 1.54) is 12.2 Å². The fourth-order valence-electron chi connectivity index (χ4n) is 0.795. The van der Waals surface area contributed by atoms with Crippen molar-refractivity contribution in [2.45, 2.75) is 12.8 Å². The average Bonchev–Trinajstić information content (AvgIpc) is 2.22. The van der Waals surface area contributed by atoms with Crippen LogP contribution in [0.25, 0.3) is 0 Å². The van der Waals surface area contributed by atoms with E-state index in [0.29, 0.717) is 0 Å². The third-order valence-electron chi connectivity index (χ3n) is 1.48. The summed E-state index contributed by atoms with van der Waals surface area (Å²) < 4.78 is 46.9. The molecule has 10 heteroatoms. The van der Waals surface area contributed by atoms with Gasteiger partial charge in [0.15, 0.2) is 0 Å². The average molecular weight is 296 g/mol. The van der Waals surface area contributed by atoms with Gasteiger partial charge in [0.1, 0.15) is 0 Å². The largest absolute Gasteiger partial charge is 0.278 e. The van der Waals surface area contributed by atoms with Gasteiger partial charge in [-0.25, -0.2) is 16.8 Å². The van der Waals surface area contributed by atoms with Crippen LogP contribution in [-0.4, -0.2) is 29.7 Å². The van der Waals surface area contributed by atoms with Gasteiger partial charge in [0.05, 0.1) is 0 Å². The molecule has 0 unspecified atom stereocenters. The third-order valence-corrected chi connectivity index (χ3v) is 3.43. The molecule has 0 aliphatic carbocycles. The highest BCUT2D eigenvalue weighted by Crippen LogP contribution is 1.97. The quantitative estimate of drug-likeness (QED) is 0.413. The zero-order valence-electron chi connectivity index (χ0n) is 9.14. The number of carbonyl (C=O) groups is 2. The molecule has 0 aliphatic rings.